The first-order chi connectivity index (χ1) is 61.1. The molecule has 27 rings (SSSR count). The lowest BCUT2D eigenvalue weighted by molar-refractivity contribution is 0.660. The van der Waals surface area contributed by atoms with Gasteiger partial charge in [0.15, 0.2) is 0 Å². The summed E-state index contributed by atoms with van der Waals surface area (Å²) >= 11 is 1.89. The van der Waals surface area contributed by atoms with Crippen LogP contribution in [0.5, 0.6) is 0 Å². The van der Waals surface area contributed by atoms with E-state index in [-0.39, 0.29) is 21.7 Å². The van der Waals surface area contributed by atoms with Crippen LogP contribution >= 0.6 is 11.3 Å². The highest BCUT2D eigenvalue weighted by molar-refractivity contribution is 7.26. The molecule has 5 heterocycles. The second-order valence-corrected chi connectivity index (χ2v) is 37.9. The molecule has 0 atom stereocenters. The number of furan rings is 1. The van der Waals surface area contributed by atoms with Crippen LogP contribution in [0.3, 0.4) is 0 Å². The zero-order valence-electron chi connectivity index (χ0n) is 71.0. The topological polar surface area (TPSA) is 27.9 Å². The van der Waals surface area contributed by atoms with Crippen LogP contribution in [-0.4, -0.2) is 13.7 Å². The van der Waals surface area contributed by atoms with E-state index in [1.807, 2.05) is 23.5 Å². The number of thiophene rings is 1. The normalized spacial score (nSPS) is 14.3. The predicted octanol–water partition coefficient (Wildman–Crippen LogP) is 32.8. The quantitative estimate of drug-likeness (QED) is 0.163. The number of benzene rings is 18. The highest BCUT2D eigenvalue weighted by Gasteiger charge is 2.43. The van der Waals surface area contributed by atoms with Crippen molar-refractivity contribution in [3.63, 3.8) is 0 Å². The van der Waals surface area contributed by atoms with Crippen molar-refractivity contribution < 1.29 is 4.42 Å². The van der Waals surface area contributed by atoms with E-state index in [1.165, 1.54) is 225 Å². The van der Waals surface area contributed by atoms with Gasteiger partial charge in [0.05, 0.1) is 33.1 Å². The summed E-state index contributed by atoms with van der Waals surface area (Å²) in [5.74, 6) is 0. The molecule has 0 aliphatic heterocycles. The maximum absolute atomic E-state index is 6.07. The van der Waals surface area contributed by atoms with Crippen LogP contribution in [-0.2, 0) is 21.7 Å². The van der Waals surface area contributed by atoms with Crippen LogP contribution < -0.4 is 0 Å². The fourth-order valence-corrected chi connectivity index (χ4v) is 24.2. The van der Waals surface area contributed by atoms with Gasteiger partial charge in [-0.2, -0.15) is 0 Å². The number of para-hydroxylation sites is 4. The van der Waals surface area contributed by atoms with Crippen LogP contribution in [0.15, 0.2) is 387 Å². The molecule has 0 saturated heterocycles. The van der Waals surface area contributed by atoms with Crippen LogP contribution in [0, 0.1) is 0 Å². The van der Waals surface area contributed by atoms with Crippen molar-refractivity contribution in [2.24, 2.45) is 0 Å². The standard InChI is InChI=1S/C42H33N.C39H27NO.C39H27NS/c1-41(2)35-14-8-6-12-30(35)34-25-27(19-24-37(34)41)26-17-20-28(21-18-26)43-38-16-10-7-13-31(38)33-23-22-32-29-11-5-9-15-36(29)42(3,4)39(32)40(33)43;1-39(2)33-12-6-3-9-27(33)30-20-21-31-28-10-4-7-13-34(28)40(38(31)37(30)39)26-18-15-24(16-19-26)25-17-22-36-32(23-25)29-11-5-8-14-35(29)41-36;1-39(2)33-15-6-3-10-27(33)30-22-23-31-28-11-4-7-16-34(28)40(37(31)36(30)39)25-20-18-24(19-21-25)26-13-9-14-32-29-12-5-8-17-35(29)41-38(26)32/h5-25H,1-4H3;2*3-23H,1-2H3. The van der Waals surface area contributed by atoms with Crippen molar-refractivity contribution in [1.82, 2.24) is 13.7 Å². The predicted molar refractivity (Wildman–Crippen MR) is 529 cm³/mol. The van der Waals surface area contributed by atoms with Crippen molar-refractivity contribution in [3.8, 4) is 95.0 Å². The highest BCUT2D eigenvalue weighted by Crippen LogP contribution is 2.58. The Bertz CT molecular complexity index is 8500. The first-order valence-corrected chi connectivity index (χ1v) is 44.8. The minimum atomic E-state index is -0.0969. The Morgan fingerprint density at radius 2 is 0.544 bits per heavy atom. The maximum atomic E-state index is 6.07. The van der Waals surface area contributed by atoms with Crippen LogP contribution in [0.2, 0.25) is 0 Å². The van der Waals surface area contributed by atoms with Gasteiger partial charge < -0.3 is 18.1 Å². The highest BCUT2D eigenvalue weighted by atomic mass is 32.1. The van der Waals surface area contributed by atoms with Gasteiger partial charge in [-0.1, -0.05) is 353 Å². The summed E-state index contributed by atoms with van der Waals surface area (Å²) < 4.78 is 16.2. The molecule has 0 bridgehead atoms. The Morgan fingerprint density at radius 3 is 1.02 bits per heavy atom. The van der Waals surface area contributed by atoms with Gasteiger partial charge in [0.1, 0.15) is 11.2 Å². The molecule has 0 unspecified atom stereocenters. The molecule has 4 nitrogen and oxygen atoms in total. The van der Waals surface area contributed by atoms with Crippen molar-refractivity contribution in [2.45, 2.75) is 77.0 Å². The molecule has 23 aromatic rings. The molecule has 594 valence electrons. The van der Waals surface area contributed by atoms with Gasteiger partial charge in [0.25, 0.3) is 0 Å². The second kappa shape index (κ2) is 26.9. The van der Waals surface area contributed by atoms with E-state index in [2.05, 4.69) is 439 Å². The molecule has 125 heavy (non-hydrogen) atoms. The van der Waals surface area contributed by atoms with E-state index >= 15 is 0 Å². The average Bonchev–Trinajstić information content (AvgIpc) is 1.54. The Hall–Kier alpha value is -14.6. The summed E-state index contributed by atoms with van der Waals surface area (Å²) in [5, 5.41) is 12.8. The molecule has 0 N–H and O–H groups in total. The summed E-state index contributed by atoms with van der Waals surface area (Å²) in [6.45, 7) is 19.0. The zero-order valence-corrected chi connectivity index (χ0v) is 71.8. The van der Waals surface area contributed by atoms with Gasteiger partial charge >= 0.3 is 0 Å². The molecular formula is C120H87N3OS. The molecule has 0 saturated carbocycles. The number of rotatable bonds is 6. The Kier molecular flexibility index (Phi) is 15.8. The molecule has 0 radical (unpaired) electrons. The summed E-state index contributed by atoms with van der Waals surface area (Å²) in [6.07, 6.45) is 0. The smallest absolute Gasteiger partial charge is 0.135 e. The fraction of sp³-hybridized carbons (Fsp3) is 0.100. The molecular weight excluding hydrogens is 1530 g/mol. The van der Waals surface area contributed by atoms with Crippen LogP contribution in [0.1, 0.15) is 99.9 Å². The van der Waals surface area contributed by atoms with E-state index in [0.29, 0.717) is 0 Å². The van der Waals surface area contributed by atoms with Gasteiger partial charge in [-0.05, 0) is 207 Å². The number of hydrogen-bond acceptors (Lipinski definition) is 2. The lowest BCUT2D eigenvalue weighted by atomic mass is 9.81. The van der Waals surface area contributed by atoms with Gasteiger partial charge in [-0.15, -0.1) is 11.3 Å². The molecule has 18 aromatic carbocycles. The third-order valence-electron chi connectivity index (χ3n) is 28.8. The van der Waals surface area contributed by atoms with Crippen LogP contribution in [0.25, 0.3) is 202 Å². The van der Waals surface area contributed by atoms with Gasteiger partial charge in [-0.3, -0.25) is 0 Å². The van der Waals surface area contributed by atoms with Crippen LogP contribution in [0.4, 0.5) is 0 Å². The fourth-order valence-electron chi connectivity index (χ4n) is 22.9. The van der Waals surface area contributed by atoms with Crippen molar-refractivity contribution in [2.75, 3.05) is 0 Å². The lowest BCUT2D eigenvalue weighted by Gasteiger charge is -2.23. The summed E-state index contributed by atoms with van der Waals surface area (Å²) in [7, 11) is 0. The second-order valence-electron chi connectivity index (χ2n) is 36.9. The van der Waals surface area contributed by atoms with Crippen molar-refractivity contribution >= 4 is 119 Å². The van der Waals surface area contributed by atoms with E-state index in [1.54, 1.807) is 0 Å². The third-order valence-corrected chi connectivity index (χ3v) is 30.0. The SMILES string of the molecule is CC1(C)c2ccccc2-c2cc(-c3ccc(-n4c5ccccc5c5ccc6c(c54)C(C)(C)c4ccccc4-6)cc3)ccc21.CC1(C)c2ccccc2-c2ccc3c4ccccc4n(-c4ccc(-c5ccc6oc7ccccc7c6c5)cc4)c3c21.CC1(C)c2ccccc2-c2ccc3c4ccccc4n(-c4ccc(-c5cccc6c5sc5ccccc56)cc4)c3c21. The van der Waals surface area contributed by atoms with E-state index in [0.717, 1.165) is 21.9 Å². The number of hydrogen-bond donors (Lipinski definition) is 0. The van der Waals surface area contributed by atoms with Crippen molar-refractivity contribution in [3.05, 3.63) is 427 Å². The molecule has 0 fully saturated rings. The Labute approximate surface area is 730 Å². The molecule has 0 amide bonds. The Morgan fingerprint density at radius 1 is 0.208 bits per heavy atom. The average molecular weight is 1620 g/mol. The maximum Gasteiger partial charge on any atom is 0.135 e. The number of nitrogens with zero attached hydrogens (tertiary/aromatic N) is 3. The van der Waals surface area contributed by atoms with Gasteiger partial charge in [0.2, 0.25) is 0 Å². The number of aromatic nitrogens is 3. The summed E-state index contributed by atoms with van der Waals surface area (Å²) in [4.78, 5) is 0. The monoisotopic (exact) mass is 1620 g/mol. The van der Waals surface area contributed by atoms with E-state index in [4.69, 9.17) is 4.42 Å². The zero-order chi connectivity index (χ0) is 83.7. The van der Waals surface area contributed by atoms with Gasteiger partial charge in [-0.25, -0.2) is 0 Å². The molecule has 4 aliphatic rings. The lowest BCUT2D eigenvalue weighted by Crippen LogP contribution is -2.16. The molecule has 4 aliphatic carbocycles. The molecule has 5 heteroatoms. The largest absolute Gasteiger partial charge is 0.456 e. The van der Waals surface area contributed by atoms with Crippen molar-refractivity contribution in [1.29, 1.82) is 0 Å². The molecule has 5 aromatic heterocycles. The number of fused-ring (bicyclic) bond motifs is 30. The molecule has 0 spiro atoms. The summed E-state index contributed by atoms with van der Waals surface area (Å²) in [6, 6.07) is 141. The third kappa shape index (κ3) is 10.6. The van der Waals surface area contributed by atoms with Gasteiger partial charge in [0, 0.05) is 102 Å². The summed E-state index contributed by atoms with van der Waals surface area (Å²) in [5.41, 5.74) is 42.5. The minimum Gasteiger partial charge on any atom is -0.456 e. The van der Waals surface area contributed by atoms with E-state index < -0.39 is 0 Å². The first-order valence-electron chi connectivity index (χ1n) is 43.9. The van der Waals surface area contributed by atoms with E-state index in [9.17, 15) is 0 Å². The first kappa shape index (κ1) is 73.1. The minimum absolute atomic E-state index is 0.0263. The Balaban J connectivity index is 0.000000103.